The van der Waals surface area contributed by atoms with Crippen LogP contribution in [0.15, 0.2) is 53.4 Å². The molecule has 2 amide bonds. The number of benzene rings is 2. The summed E-state index contributed by atoms with van der Waals surface area (Å²) in [6, 6.07) is 13.0. The van der Waals surface area contributed by atoms with Crippen molar-refractivity contribution in [1.29, 1.82) is 0 Å². The van der Waals surface area contributed by atoms with E-state index in [0.717, 1.165) is 5.56 Å². The molecule has 0 unspecified atom stereocenters. The van der Waals surface area contributed by atoms with Crippen molar-refractivity contribution in [3.8, 4) is 0 Å². The molecule has 0 aliphatic rings. The monoisotopic (exact) mass is 389 g/mol. The third-order valence-corrected chi connectivity index (χ3v) is 4.85. The van der Waals surface area contributed by atoms with Crippen LogP contribution in [0.4, 0.5) is 5.69 Å². The van der Waals surface area contributed by atoms with Crippen LogP contribution in [0.5, 0.6) is 0 Å². The first-order chi connectivity index (χ1) is 12.5. The van der Waals surface area contributed by atoms with Crippen LogP contribution in [0, 0.1) is 0 Å². The first-order valence-electron chi connectivity index (χ1n) is 8.28. The molecule has 0 saturated heterocycles. The summed E-state index contributed by atoms with van der Waals surface area (Å²) in [5, 5.41) is 10.0. The number of primary sulfonamides is 1. The minimum Gasteiger partial charge on any atom is -0.344 e. The average Bonchev–Trinajstić information content (AvgIpc) is 2.59. The topological polar surface area (TPSA) is 118 Å². The molecule has 0 aliphatic carbocycles. The fourth-order valence-corrected chi connectivity index (χ4v) is 2.82. The van der Waals surface area contributed by atoms with E-state index in [-0.39, 0.29) is 16.9 Å². The molecule has 0 bridgehead atoms. The molecule has 0 aliphatic heterocycles. The SMILES string of the molecule is CC(C)(C)c1ccc(NC(=O)C(=O)NCc2ccc(S(N)(=O)=O)cc2)cc1. The molecule has 4 N–H and O–H groups in total. The van der Waals surface area contributed by atoms with E-state index in [0.29, 0.717) is 11.3 Å². The van der Waals surface area contributed by atoms with Gasteiger partial charge in [0.05, 0.1) is 4.90 Å². The number of carbonyl (C=O) groups is 2. The van der Waals surface area contributed by atoms with Crippen molar-refractivity contribution in [2.24, 2.45) is 5.14 Å². The third kappa shape index (κ3) is 5.90. The Bertz CT molecular complexity index is 928. The highest BCUT2D eigenvalue weighted by Gasteiger charge is 2.16. The highest BCUT2D eigenvalue weighted by molar-refractivity contribution is 7.89. The van der Waals surface area contributed by atoms with Gasteiger partial charge in [0.2, 0.25) is 10.0 Å². The highest BCUT2D eigenvalue weighted by atomic mass is 32.2. The highest BCUT2D eigenvalue weighted by Crippen LogP contribution is 2.23. The van der Waals surface area contributed by atoms with Gasteiger partial charge in [-0.1, -0.05) is 45.0 Å². The fourth-order valence-electron chi connectivity index (χ4n) is 2.30. The largest absolute Gasteiger partial charge is 0.344 e. The average molecular weight is 389 g/mol. The predicted molar refractivity (Wildman–Crippen MR) is 103 cm³/mol. The summed E-state index contributed by atoms with van der Waals surface area (Å²) >= 11 is 0. The van der Waals surface area contributed by atoms with Gasteiger partial charge in [0, 0.05) is 12.2 Å². The Kier molecular flexibility index (Phi) is 6.02. The second kappa shape index (κ2) is 7.89. The maximum absolute atomic E-state index is 12.0. The normalized spacial score (nSPS) is 11.7. The standard InChI is InChI=1S/C19H23N3O4S/c1-19(2,3)14-6-8-15(9-7-14)22-18(24)17(23)21-12-13-4-10-16(11-5-13)27(20,25)26/h4-11H,12H2,1-3H3,(H,21,23)(H,22,24)(H2,20,25,26). The van der Waals surface area contributed by atoms with E-state index in [1.807, 2.05) is 12.1 Å². The van der Waals surface area contributed by atoms with Crippen LogP contribution < -0.4 is 15.8 Å². The second-order valence-electron chi connectivity index (χ2n) is 7.15. The molecule has 7 nitrogen and oxygen atoms in total. The van der Waals surface area contributed by atoms with Gasteiger partial charge >= 0.3 is 11.8 Å². The van der Waals surface area contributed by atoms with Gasteiger partial charge < -0.3 is 10.6 Å². The Balaban J connectivity index is 1.91. The van der Waals surface area contributed by atoms with Crippen LogP contribution in [0.1, 0.15) is 31.9 Å². The summed E-state index contributed by atoms with van der Waals surface area (Å²) in [6.07, 6.45) is 0. The van der Waals surface area contributed by atoms with Gasteiger partial charge in [-0.25, -0.2) is 13.6 Å². The lowest BCUT2D eigenvalue weighted by Gasteiger charge is -2.19. The van der Waals surface area contributed by atoms with Gasteiger partial charge in [-0.3, -0.25) is 9.59 Å². The van der Waals surface area contributed by atoms with Crippen LogP contribution in [0.3, 0.4) is 0 Å². The molecule has 2 aromatic carbocycles. The molecular weight excluding hydrogens is 366 g/mol. The van der Waals surface area contributed by atoms with Crippen LogP contribution in [0.25, 0.3) is 0 Å². The van der Waals surface area contributed by atoms with Crippen molar-refractivity contribution in [3.63, 3.8) is 0 Å². The lowest BCUT2D eigenvalue weighted by Crippen LogP contribution is -2.35. The Morgan fingerprint density at radius 3 is 1.96 bits per heavy atom. The summed E-state index contributed by atoms with van der Waals surface area (Å²) in [4.78, 5) is 23.9. The van der Waals surface area contributed by atoms with Crippen LogP contribution in [-0.4, -0.2) is 20.2 Å². The summed E-state index contributed by atoms with van der Waals surface area (Å²) in [7, 11) is -3.76. The maximum atomic E-state index is 12.0. The summed E-state index contributed by atoms with van der Waals surface area (Å²) in [6.45, 7) is 6.34. The zero-order chi connectivity index (χ0) is 20.2. The predicted octanol–water partition coefficient (Wildman–Crippen LogP) is 1.89. The Morgan fingerprint density at radius 2 is 1.48 bits per heavy atom. The molecule has 2 rings (SSSR count). The van der Waals surface area contributed by atoms with Gasteiger partial charge in [0.1, 0.15) is 0 Å². The van der Waals surface area contributed by atoms with Gasteiger partial charge in [0.15, 0.2) is 0 Å². The number of nitrogens with two attached hydrogens (primary N) is 1. The summed E-state index contributed by atoms with van der Waals surface area (Å²) in [5.41, 5.74) is 2.28. The van der Waals surface area contributed by atoms with E-state index < -0.39 is 21.8 Å². The quantitative estimate of drug-likeness (QED) is 0.692. The maximum Gasteiger partial charge on any atom is 0.313 e. The van der Waals surface area contributed by atoms with Crippen molar-refractivity contribution >= 4 is 27.5 Å². The summed E-state index contributed by atoms with van der Waals surface area (Å²) < 4.78 is 22.4. The smallest absolute Gasteiger partial charge is 0.313 e. The molecule has 2 aromatic rings. The number of nitrogens with one attached hydrogen (secondary N) is 2. The molecule has 0 aromatic heterocycles. The first-order valence-corrected chi connectivity index (χ1v) is 9.83. The minimum absolute atomic E-state index is 0.00129. The fraction of sp³-hybridized carbons (Fsp3) is 0.263. The van der Waals surface area contributed by atoms with Crippen molar-refractivity contribution < 1.29 is 18.0 Å². The van der Waals surface area contributed by atoms with E-state index in [2.05, 4.69) is 31.4 Å². The molecule has 0 heterocycles. The number of rotatable bonds is 4. The Morgan fingerprint density at radius 1 is 0.926 bits per heavy atom. The number of carbonyl (C=O) groups excluding carboxylic acids is 2. The minimum atomic E-state index is -3.76. The molecule has 0 saturated carbocycles. The molecule has 8 heteroatoms. The molecule has 0 spiro atoms. The van der Waals surface area contributed by atoms with E-state index in [1.54, 1.807) is 12.1 Å². The van der Waals surface area contributed by atoms with E-state index in [4.69, 9.17) is 5.14 Å². The van der Waals surface area contributed by atoms with Gasteiger partial charge in [0.25, 0.3) is 0 Å². The van der Waals surface area contributed by atoms with E-state index >= 15 is 0 Å². The first kappa shape index (κ1) is 20.6. The molecular formula is C19H23N3O4S. The van der Waals surface area contributed by atoms with E-state index in [9.17, 15) is 18.0 Å². The van der Waals surface area contributed by atoms with Crippen LogP contribution in [-0.2, 0) is 31.6 Å². The molecule has 0 fully saturated rings. The second-order valence-corrected chi connectivity index (χ2v) is 8.71. The Labute approximate surface area is 159 Å². The molecule has 144 valence electrons. The summed E-state index contributed by atoms with van der Waals surface area (Å²) in [5.74, 6) is -1.56. The number of sulfonamides is 1. The van der Waals surface area contributed by atoms with Crippen molar-refractivity contribution in [2.45, 2.75) is 37.6 Å². The van der Waals surface area contributed by atoms with Crippen LogP contribution in [0.2, 0.25) is 0 Å². The van der Waals surface area contributed by atoms with Crippen LogP contribution >= 0.6 is 0 Å². The number of hydrogen-bond donors (Lipinski definition) is 3. The van der Waals surface area contributed by atoms with Gasteiger partial charge in [-0.15, -0.1) is 0 Å². The number of amides is 2. The number of anilines is 1. The number of hydrogen-bond acceptors (Lipinski definition) is 4. The molecule has 27 heavy (non-hydrogen) atoms. The van der Waals surface area contributed by atoms with E-state index in [1.165, 1.54) is 24.3 Å². The molecule has 0 radical (unpaired) electrons. The Hall–Kier alpha value is -2.71. The van der Waals surface area contributed by atoms with Crippen molar-refractivity contribution in [1.82, 2.24) is 5.32 Å². The van der Waals surface area contributed by atoms with Crippen molar-refractivity contribution in [3.05, 3.63) is 59.7 Å². The lowest BCUT2D eigenvalue weighted by atomic mass is 9.87. The zero-order valence-electron chi connectivity index (χ0n) is 15.4. The van der Waals surface area contributed by atoms with Gasteiger partial charge in [-0.2, -0.15) is 0 Å². The zero-order valence-corrected chi connectivity index (χ0v) is 16.3. The lowest BCUT2D eigenvalue weighted by molar-refractivity contribution is -0.136. The third-order valence-electron chi connectivity index (χ3n) is 3.92. The van der Waals surface area contributed by atoms with Crippen molar-refractivity contribution in [2.75, 3.05) is 5.32 Å². The molecule has 0 atom stereocenters. The van der Waals surface area contributed by atoms with Gasteiger partial charge in [-0.05, 0) is 40.8 Å².